The van der Waals surface area contributed by atoms with E-state index in [1.165, 1.54) is 0 Å². The van der Waals surface area contributed by atoms with Crippen LogP contribution in [0.2, 0.25) is 0 Å². The lowest BCUT2D eigenvalue weighted by Crippen LogP contribution is -2.07. The second kappa shape index (κ2) is 7.72. The van der Waals surface area contributed by atoms with E-state index in [2.05, 4.69) is 16.4 Å². The van der Waals surface area contributed by atoms with Crippen LogP contribution in [0.5, 0.6) is 0 Å². The molecule has 0 spiro atoms. The number of hydrogen-bond acceptors (Lipinski definition) is 5. The summed E-state index contributed by atoms with van der Waals surface area (Å²) in [5.74, 6) is -0.425. The molecule has 0 fully saturated rings. The summed E-state index contributed by atoms with van der Waals surface area (Å²) >= 11 is 0. The third kappa shape index (κ3) is 3.60. The van der Waals surface area contributed by atoms with Crippen molar-refractivity contribution < 1.29 is 9.53 Å². The Morgan fingerprint density at radius 1 is 1.00 bits per heavy atom. The number of aromatic nitrogens is 3. The summed E-state index contributed by atoms with van der Waals surface area (Å²) in [5.41, 5.74) is 4.46. The maximum atomic E-state index is 12.3. The van der Waals surface area contributed by atoms with Crippen molar-refractivity contribution in [1.82, 2.24) is 15.0 Å². The van der Waals surface area contributed by atoms with Crippen LogP contribution >= 0.6 is 0 Å². The third-order valence-corrected chi connectivity index (χ3v) is 4.44. The van der Waals surface area contributed by atoms with E-state index in [0.29, 0.717) is 23.2 Å². The Morgan fingerprint density at radius 3 is 2.57 bits per heavy atom. The first-order valence-electron chi connectivity index (χ1n) is 8.77. The van der Waals surface area contributed by atoms with Crippen molar-refractivity contribution in [2.24, 2.45) is 0 Å². The van der Waals surface area contributed by atoms with E-state index in [9.17, 15) is 4.79 Å². The van der Waals surface area contributed by atoms with Gasteiger partial charge < -0.3 is 4.74 Å². The van der Waals surface area contributed by atoms with E-state index >= 15 is 0 Å². The molecular weight excluding hydrogens is 352 g/mol. The molecule has 28 heavy (non-hydrogen) atoms. The lowest BCUT2D eigenvalue weighted by molar-refractivity contribution is 0.0472. The largest absolute Gasteiger partial charge is 0.457 e. The van der Waals surface area contributed by atoms with Crippen LogP contribution in [0.1, 0.15) is 27.0 Å². The van der Waals surface area contributed by atoms with E-state index in [0.717, 1.165) is 16.6 Å². The highest BCUT2D eigenvalue weighted by Gasteiger charge is 2.10. The number of nitriles is 1. The lowest BCUT2D eigenvalue weighted by Gasteiger charge is -2.07. The molecule has 3 aromatic carbocycles. The van der Waals surface area contributed by atoms with Gasteiger partial charge in [-0.3, -0.25) is 0 Å². The van der Waals surface area contributed by atoms with Gasteiger partial charge in [0.1, 0.15) is 12.1 Å². The molecular formula is C22H16N4O2. The Hall–Kier alpha value is -3.98. The maximum Gasteiger partial charge on any atom is 0.338 e. The molecule has 0 N–H and O–H groups in total. The molecule has 0 unspecified atom stereocenters. The van der Waals surface area contributed by atoms with Gasteiger partial charge in [-0.05, 0) is 35.9 Å². The van der Waals surface area contributed by atoms with Gasteiger partial charge in [-0.2, -0.15) is 5.26 Å². The summed E-state index contributed by atoms with van der Waals surface area (Å²) in [4.78, 5) is 12.3. The van der Waals surface area contributed by atoms with Crippen LogP contribution in [0.3, 0.4) is 0 Å². The van der Waals surface area contributed by atoms with Crippen molar-refractivity contribution in [2.45, 2.75) is 13.2 Å². The van der Waals surface area contributed by atoms with Crippen LogP contribution < -0.4 is 0 Å². The predicted molar refractivity (Wildman–Crippen MR) is 103 cm³/mol. The van der Waals surface area contributed by atoms with Gasteiger partial charge in [0.05, 0.1) is 29.3 Å². The van der Waals surface area contributed by atoms with Crippen LogP contribution in [-0.4, -0.2) is 21.0 Å². The summed E-state index contributed by atoms with van der Waals surface area (Å²) in [5, 5.41) is 17.4. The fraction of sp³-hybridized carbons (Fsp3) is 0.0909. The van der Waals surface area contributed by atoms with Crippen molar-refractivity contribution in [3.8, 4) is 6.07 Å². The zero-order chi connectivity index (χ0) is 19.3. The normalized spacial score (nSPS) is 10.5. The van der Waals surface area contributed by atoms with Gasteiger partial charge in [0.25, 0.3) is 0 Å². The van der Waals surface area contributed by atoms with Crippen molar-refractivity contribution in [2.75, 3.05) is 0 Å². The van der Waals surface area contributed by atoms with Crippen molar-refractivity contribution in [1.29, 1.82) is 5.26 Å². The van der Waals surface area contributed by atoms with E-state index in [1.807, 2.05) is 47.1 Å². The molecule has 4 aromatic rings. The average Bonchev–Trinajstić information content (AvgIpc) is 3.15. The first kappa shape index (κ1) is 17.4. The summed E-state index contributed by atoms with van der Waals surface area (Å²) in [6.07, 6.45) is 0. The number of esters is 1. The van der Waals surface area contributed by atoms with Crippen LogP contribution in [0.4, 0.5) is 0 Å². The van der Waals surface area contributed by atoms with Gasteiger partial charge in [0, 0.05) is 5.56 Å². The van der Waals surface area contributed by atoms with Crippen molar-refractivity contribution >= 4 is 17.0 Å². The first-order chi connectivity index (χ1) is 13.7. The average molecular weight is 368 g/mol. The molecule has 0 saturated heterocycles. The fourth-order valence-electron chi connectivity index (χ4n) is 2.94. The standard InChI is InChI=1S/C22H16N4O2/c23-13-18-5-1-2-6-19(18)15-28-22(27)17-11-9-16(10-12-17)14-26-21-8-4-3-7-20(21)24-25-26/h1-12H,14-15H2. The summed E-state index contributed by atoms with van der Waals surface area (Å²) in [7, 11) is 0. The fourth-order valence-corrected chi connectivity index (χ4v) is 2.94. The van der Waals surface area contributed by atoms with Crippen LogP contribution in [0, 0.1) is 11.3 Å². The number of fused-ring (bicyclic) bond motifs is 1. The smallest absolute Gasteiger partial charge is 0.338 e. The van der Waals surface area contributed by atoms with Crippen LogP contribution in [0.15, 0.2) is 72.8 Å². The topological polar surface area (TPSA) is 80.8 Å². The lowest BCUT2D eigenvalue weighted by atomic mass is 10.1. The zero-order valence-electron chi connectivity index (χ0n) is 14.9. The zero-order valence-corrected chi connectivity index (χ0v) is 14.9. The number of para-hydroxylation sites is 1. The van der Waals surface area contributed by atoms with Crippen LogP contribution in [-0.2, 0) is 17.9 Å². The molecule has 0 bridgehead atoms. The Labute approximate surface area is 161 Å². The molecule has 0 atom stereocenters. The number of nitrogens with zero attached hydrogens (tertiary/aromatic N) is 4. The monoisotopic (exact) mass is 368 g/mol. The number of hydrogen-bond donors (Lipinski definition) is 0. The van der Waals surface area contributed by atoms with E-state index in [-0.39, 0.29) is 6.61 Å². The minimum absolute atomic E-state index is 0.0647. The van der Waals surface area contributed by atoms with E-state index in [4.69, 9.17) is 10.00 Å². The molecule has 1 aromatic heterocycles. The van der Waals surface area contributed by atoms with Gasteiger partial charge in [0.15, 0.2) is 0 Å². The summed E-state index contributed by atoms with van der Waals surface area (Å²) in [6, 6.07) is 24.1. The highest BCUT2D eigenvalue weighted by atomic mass is 16.5. The van der Waals surface area contributed by atoms with Gasteiger partial charge in [-0.25, -0.2) is 9.48 Å². The molecule has 0 aliphatic carbocycles. The van der Waals surface area contributed by atoms with E-state index in [1.54, 1.807) is 30.3 Å². The highest BCUT2D eigenvalue weighted by molar-refractivity contribution is 5.89. The highest BCUT2D eigenvalue weighted by Crippen LogP contribution is 2.14. The molecule has 1 heterocycles. The van der Waals surface area contributed by atoms with Crippen LogP contribution in [0.25, 0.3) is 11.0 Å². The van der Waals surface area contributed by atoms with Gasteiger partial charge in [-0.15, -0.1) is 5.10 Å². The second-order valence-corrected chi connectivity index (χ2v) is 6.28. The summed E-state index contributed by atoms with van der Waals surface area (Å²) in [6.45, 7) is 0.626. The van der Waals surface area contributed by atoms with Gasteiger partial charge in [-0.1, -0.05) is 47.7 Å². The number of rotatable bonds is 5. The molecule has 0 aliphatic heterocycles. The predicted octanol–water partition coefficient (Wildman–Crippen LogP) is 3.71. The molecule has 6 nitrogen and oxygen atoms in total. The Kier molecular flexibility index (Phi) is 4.81. The molecule has 4 rings (SSSR count). The molecule has 0 radical (unpaired) electrons. The Balaban J connectivity index is 1.43. The molecule has 0 saturated carbocycles. The van der Waals surface area contributed by atoms with Gasteiger partial charge >= 0.3 is 5.97 Å². The SMILES string of the molecule is N#Cc1ccccc1COC(=O)c1ccc(Cn2nnc3ccccc32)cc1. The Bertz CT molecular complexity index is 1170. The molecule has 136 valence electrons. The molecule has 0 amide bonds. The quantitative estimate of drug-likeness (QED) is 0.502. The molecule has 0 aliphatic rings. The van der Waals surface area contributed by atoms with E-state index < -0.39 is 5.97 Å². The minimum atomic E-state index is -0.425. The minimum Gasteiger partial charge on any atom is -0.457 e. The second-order valence-electron chi connectivity index (χ2n) is 6.28. The third-order valence-electron chi connectivity index (χ3n) is 4.44. The number of carbonyl (C=O) groups is 1. The number of carbonyl (C=O) groups excluding carboxylic acids is 1. The number of ether oxygens (including phenoxy) is 1. The first-order valence-corrected chi connectivity index (χ1v) is 8.77. The van der Waals surface area contributed by atoms with Crippen molar-refractivity contribution in [3.63, 3.8) is 0 Å². The van der Waals surface area contributed by atoms with Gasteiger partial charge in [0.2, 0.25) is 0 Å². The Morgan fingerprint density at radius 2 is 1.75 bits per heavy atom. The maximum absolute atomic E-state index is 12.3. The van der Waals surface area contributed by atoms with Crippen molar-refractivity contribution in [3.05, 3.63) is 95.1 Å². The number of benzene rings is 3. The molecule has 6 heteroatoms. The summed E-state index contributed by atoms with van der Waals surface area (Å²) < 4.78 is 7.16.